The molecule has 0 aromatic heterocycles. The molecule has 4 rings (SSSR count). The lowest BCUT2D eigenvalue weighted by Crippen LogP contribution is -2.60. The molecule has 1 aliphatic carbocycles. The number of carboxylic acid groups (broad SMARTS) is 1. The molecule has 0 radical (unpaired) electrons. The lowest BCUT2D eigenvalue weighted by Gasteiger charge is -2.44. The number of phenols is 1. The summed E-state index contributed by atoms with van der Waals surface area (Å²) in [6.07, 6.45) is -10.1. The first-order valence-electron chi connectivity index (χ1n) is 11.6. The number of hydrogen-bond donors (Lipinski definition) is 6. The topological polar surface area (TPSA) is 210 Å². The first-order valence-corrected chi connectivity index (χ1v) is 11.6. The quantitative estimate of drug-likeness (QED) is 0.181. The van der Waals surface area contributed by atoms with Crippen molar-refractivity contribution in [2.45, 2.75) is 68.3 Å². The fourth-order valence-electron chi connectivity index (χ4n) is 4.71. The number of rotatable bonds is 7. The van der Waals surface area contributed by atoms with Gasteiger partial charge in [-0.1, -0.05) is 12.1 Å². The number of aliphatic hydroxyl groups excluding tert-OH is 4. The number of allylic oxidation sites excluding steroid dienone is 1. The van der Waals surface area contributed by atoms with Gasteiger partial charge < -0.3 is 49.6 Å². The van der Waals surface area contributed by atoms with E-state index in [0.29, 0.717) is 5.56 Å². The first kappa shape index (κ1) is 27.0. The minimum absolute atomic E-state index is 0.0252. The Morgan fingerprint density at radius 1 is 1.00 bits per heavy atom. The van der Waals surface area contributed by atoms with E-state index in [1.807, 2.05) is 0 Å². The molecule has 202 valence electrons. The highest BCUT2D eigenvalue weighted by molar-refractivity contribution is 6.22. The van der Waals surface area contributed by atoms with Gasteiger partial charge in [0.25, 0.3) is 0 Å². The normalized spacial score (nSPS) is 35.6. The third-order valence-electron chi connectivity index (χ3n) is 6.62. The number of Topliss-reactive ketones (excluding diaryl/α,β-unsaturated/α-hetero) is 1. The van der Waals surface area contributed by atoms with Crippen LogP contribution >= 0.6 is 0 Å². The zero-order valence-electron chi connectivity index (χ0n) is 19.5. The second-order valence-electron chi connectivity index (χ2n) is 9.21. The minimum atomic E-state index is -1.73. The second kappa shape index (κ2) is 11.1. The van der Waals surface area contributed by atoms with Crippen LogP contribution in [0.5, 0.6) is 5.75 Å². The van der Waals surface area contributed by atoms with Gasteiger partial charge in [0.2, 0.25) is 0 Å². The van der Waals surface area contributed by atoms with E-state index in [-0.39, 0.29) is 29.9 Å². The van der Waals surface area contributed by atoms with Crippen molar-refractivity contribution in [3.05, 3.63) is 36.1 Å². The summed E-state index contributed by atoms with van der Waals surface area (Å²) in [6.45, 7) is -0.600. The standard InChI is InChI=1S/C24H28O13/c25-11-3-1-10(2-4-11)13-8-34-15-6-12(5-14(26)19(15)20(13)30)36-24-23(33)22(32)21(31)16(37-24)9-35-18(29)7-17(27)28/h1-4,8,12,14-16,19,21-26,31-33H,5-7,9H2,(H,27,28). The number of hydrogen-bond acceptors (Lipinski definition) is 12. The van der Waals surface area contributed by atoms with E-state index in [1.54, 1.807) is 12.1 Å². The molecule has 1 saturated heterocycles. The summed E-state index contributed by atoms with van der Waals surface area (Å²) in [6, 6.07) is 5.97. The van der Waals surface area contributed by atoms with Crippen molar-refractivity contribution >= 4 is 23.3 Å². The smallest absolute Gasteiger partial charge is 0.317 e. The molecule has 13 heteroatoms. The van der Waals surface area contributed by atoms with Gasteiger partial charge in [0, 0.05) is 12.8 Å². The summed E-state index contributed by atoms with van der Waals surface area (Å²) in [4.78, 5) is 35.2. The van der Waals surface area contributed by atoms with E-state index < -0.39 is 79.9 Å². The van der Waals surface area contributed by atoms with Crippen LogP contribution in [0.1, 0.15) is 24.8 Å². The van der Waals surface area contributed by atoms with Crippen molar-refractivity contribution in [2.24, 2.45) is 5.92 Å². The van der Waals surface area contributed by atoms with E-state index >= 15 is 0 Å². The summed E-state index contributed by atoms with van der Waals surface area (Å²) in [5.74, 6) is -3.66. The molecule has 1 saturated carbocycles. The number of ether oxygens (including phenoxy) is 4. The number of benzene rings is 1. The molecule has 37 heavy (non-hydrogen) atoms. The van der Waals surface area contributed by atoms with E-state index in [4.69, 9.17) is 24.1 Å². The number of esters is 1. The Morgan fingerprint density at radius 2 is 1.70 bits per heavy atom. The Bertz CT molecular complexity index is 1040. The highest BCUT2D eigenvalue weighted by Gasteiger charge is 2.49. The van der Waals surface area contributed by atoms with Gasteiger partial charge in [0.05, 0.1) is 30.0 Å². The lowest BCUT2D eigenvalue weighted by molar-refractivity contribution is -0.317. The van der Waals surface area contributed by atoms with Gasteiger partial charge in [0.15, 0.2) is 12.1 Å². The molecule has 3 aliphatic rings. The number of phenolic OH excluding ortho intramolecular Hbond substituents is 1. The van der Waals surface area contributed by atoms with Gasteiger partial charge in [-0.2, -0.15) is 0 Å². The van der Waals surface area contributed by atoms with Crippen LogP contribution in [0.3, 0.4) is 0 Å². The van der Waals surface area contributed by atoms with E-state index in [2.05, 4.69) is 0 Å². The zero-order chi connectivity index (χ0) is 26.9. The van der Waals surface area contributed by atoms with Gasteiger partial charge >= 0.3 is 11.9 Å². The number of aliphatic carboxylic acids is 1. The molecule has 0 spiro atoms. The number of carbonyl (C=O) groups excluding carboxylic acids is 2. The van der Waals surface area contributed by atoms with E-state index in [9.17, 15) is 39.9 Å². The Hall–Kier alpha value is -3.07. The van der Waals surface area contributed by atoms with Crippen LogP contribution in [0.4, 0.5) is 0 Å². The van der Waals surface area contributed by atoms with Crippen LogP contribution in [0, 0.1) is 5.92 Å². The molecule has 1 aromatic rings. The Balaban J connectivity index is 1.40. The predicted octanol–water partition coefficient (Wildman–Crippen LogP) is -1.32. The maximum atomic E-state index is 13.1. The minimum Gasteiger partial charge on any atom is -0.508 e. The number of carbonyl (C=O) groups is 3. The second-order valence-corrected chi connectivity index (χ2v) is 9.21. The molecule has 0 bridgehead atoms. The number of ketones is 1. The molecular weight excluding hydrogens is 496 g/mol. The largest absolute Gasteiger partial charge is 0.508 e. The van der Waals surface area contributed by atoms with Crippen molar-refractivity contribution in [3.63, 3.8) is 0 Å². The molecule has 13 nitrogen and oxygen atoms in total. The van der Waals surface area contributed by atoms with Crippen LogP contribution in [0.25, 0.3) is 5.57 Å². The summed E-state index contributed by atoms with van der Waals surface area (Å²) in [7, 11) is 0. The molecule has 6 N–H and O–H groups in total. The fourth-order valence-corrected chi connectivity index (χ4v) is 4.71. The van der Waals surface area contributed by atoms with Crippen molar-refractivity contribution in [3.8, 4) is 5.75 Å². The summed E-state index contributed by atoms with van der Waals surface area (Å²) >= 11 is 0. The molecule has 0 amide bonds. The Kier molecular flexibility index (Phi) is 8.11. The Morgan fingerprint density at radius 3 is 2.38 bits per heavy atom. The number of aromatic hydroxyl groups is 1. The predicted molar refractivity (Wildman–Crippen MR) is 119 cm³/mol. The van der Waals surface area contributed by atoms with Crippen LogP contribution in [-0.2, 0) is 33.3 Å². The van der Waals surface area contributed by atoms with Crippen molar-refractivity contribution < 1.29 is 64.0 Å². The molecule has 2 heterocycles. The van der Waals surface area contributed by atoms with Crippen molar-refractivity contribution in [1.29, 1.82) is 0 Å². The third kappa shape index (κ3) is 5.92. The van der Waals surface area contributed by atoms with Gasteiger partial charge in [-0.25, -0.2) is 0 Å². The molecule has 2 fully saturated rings. The fraction of sp³-hybridized carbons (Fsp3) is 0.542. The number of aliphatic hydroxyl groups is 4. The monoisotopic (exact) mass is 524 g/mol. The van der Waals surface area contributed by atoms with Gasteiger partial charge in [-0.3, -0.25) is 14.4 Å². The van der Waals surface area contributed by atoms with E-state index in [0.717, 1.165) is 0 Å². The summed E-state index contributed by atoms with van der Waals surface area (Å²) in [5, 5.41) is 59.6. The number of carboxylic acids is 1. The van der Waals surface area contributed by atoms with Crippen LogP contribution in [0.15, 0.2) is 30.5 Å². The average Bonchev–Trinajstić information content (AvgIpc) is 2.84. The Labute approximate surface area is 210 Å². The van der Waals surface area contributed by atoms with Crippen molar-refractivity contribution in [1.82, 2.24) is 0 Å². The molecule has 9 atom stereocenters. The SMILES string of the molecule is O=C(O)CC(=O)OCC1OC(OC2CC(O)C3C(=O)C(c4ccc(O)cc4)=COC3C2)C(O)C(O)C1O. The van der Waals surface area contributed by atoms with Crippen molar-refractivity contribution in [2.75, 3.05) is 6.61 Å². The third-order valence-corrected chi connectivity index (χ3v) is 6.62. The van der Waals surface area contributed by atoms with Crippen LogP contribution < -0.4 is 0 Å². The maximum Gasteiger partial charge on any atom is 0.317 e. The molecule has 1 aromatic carbocycles. The molecule has 2 aliphatic heterocycles. The lowest BCUT2D eigenvalue weighted by atomic mass is 9.76. The van der Waals surface area contributed by atoms with Gasteiger partial charge in [0.1, 0.15) is 49.3 Å². The average molecular weight is 524 g/mol. The van der Waals surface area contributed by atoms with Gasteiger partial charge in [-0.15, -0.1) is 0 Å². The number of fused-ring (bicyclic) bond motifs is 1. The van der Waals surface area contributed by atoms with Crippen LogP contribution in [0.2, 0.25) is 0 Å². The highest BCUT2D eigenvalue weighted by Crippen LogP contribution is 2.38. The first-order chi connectivity index (χ1) is 17.5. The highest BCUT2D eigenvalue weighted by atomic mass is 16.7. The molecular formula is C24H28O13. The van der Waals surface area contributed by atoms with Gasteiger partial charge in [-0.05, 0) is 17.7 Å². The zero-order valence-corrected chi connectivity index (χ0v) is 19.5. The van der Waals surface area contributed by atoms with E-state index in [1.165, 1.54) is 18.4 Å². The molecule has 9 unspecified atom stereocenters. The van der Waals surface area contributed by atoms with Crippen LogP contribution in [-0.4, -0.2) is 104 Å². The maximum absolute atomic E-state index is 13.1. The summed E-state index contributed by atoms with van der Waals surface area (Å²) < 4.78 is 21.8. The summed E-state index contributed by atoms with van der Waals surface area (Å²) in [5.41, 5.74) is 0.774.